The average molecular weight is 334 g/mol. The summed E-state index contributed by atoms with van der Waals surface area (Å²) in [6.45, 7) is 5.44. The molecule has 25 heavy (non-hydrogen) atoms. The van der Waals surface area contributed by atoms with Crippen molar-refractivity contribution in [3.63, 3.8) is 0 Å². The summed E-state index contributed by atoms with van der Waals surface area (Å²) in [5.74, 6) is 0.425. The first-order chi connectivity index (χ1) is 12.2. The third kappa shape index (κ3) is 3.17. The van der Waals surface area contributed by atoms with E-state index in [4.69, 9.17) is 4.42 Å². The predicted molar refractivity (Wildman–Crippen MR) is 98.5 cm³/mol. The van der Waals surface area contributed by atoms with E-state index in [1.165, 1.54) is 5.56 Å². The molecule has 4 heteroatoms. The molecule has 0 N–H and O–H groups in total. The number of piperazine rings is 1. The van der Waals surface area contributed by atoms with Gasteiger partial charge in [-0.3, -0.25) is 9.69 Å². The molecular formula is C21H22N2O2. The van der Waals surface area contributed by atoms with Crippen molar-refractivity contribution in [2.75, 3.05) is 26.2 Å². The van der Waals surface area contributed by atoms with Crippen molar-refractivity contribution in [2.24, 2.45) is 0 Å². The van der Waals surface area contributed by atoms with E-state index in [-0.39, 0.29) is 5.91 Å². The molecule has 1 aliphatic rings. The highest BCUT2D eigenvalue weighted by Gasteiger charge is 2.26. The first kappa shape index (κ1) is 15.9. The van der Waals surface area contributed by atoms with Crippen LogP contribution in [0.25, 0.3) is 11.0 Å². The van der Waals surface area contributed by atoms with E-state index in [1.54, 1.807) is 0 Å². The Labute approximate surface area is 147 Å². The fourth-order valence-corrected chi connectivity index (χ4v) is 3.50. The largest absolute Gasteiger partial charge is 0.451 e. The van der Waals surface area contributed by atoms with Crippen molar-refractivity contribution >= 4 is 16.9 Å². The Morgan fingerprint density at radius 3 is 2.36 bits per heavy atom. The lowest BCUT2D eigenvalue weighted by atomic mass is 10.1. The minimum atomic E-state index is -0.0109. The highest BCUT2D eigenvalue weighted by molar-refractivity contribution is 5.96. The molecule has 2 heterocycles. The van der Waals surface area contributed by atoms with Crippen LogP contribution in [-0.2, 0) is 0 Å². The number of carbonyl (C=O) groups is 1. The van der Waals surface area contributed by atoms with Gasteiger partial charge in [0, 0.05) is 37.6 Å². The van der Waals surface area contributed by atoms with Crippen molar-refractivity contribution in [3.8, 4) is 0 Å². The van der Waals surface area contributed by atoms with Gasteiger partial charge in [-0.1, -0.05) is 48.5 Å². The average Bonchev–Trinajstić information content (AvgIpc) is 3.12. The number of hydrogen-bond acceptors (Lipinski definition) is 3. The molecular weight excluding hydrogens is 312 g/mol. The Balaban J connectivity index is 1.42. The van der Waals surface area contributed by atoms with Crippen LogP contribution < -0.4 is 0 Å². The molecule has 0 spiro atoms. The summed E-state index contributed by atoms with van der Waals surface area (Å²) in [5, 5.41) is 0.974. The Bertz CT molecular complexity index is 831. The minimum Gasteiger partial charge on any atom is -0.451 e. The Kier molecular flexibility index (Phi) is 4.28. The number of para-hydroxylation sites is 1. The Hall–Kier alpha value is -2.59. The second kappa shape index (κ2) is 6.73. The zero-order valence-corrected chi connectivity index (χ0v) is 14.4. The molecule has 1 fully saturated rings. The van der Waals surface area contributed by atoms with Crippen molar-refractivity contribution in [1.82, 2.24) is 9.80 Å². The van der Waals surface area contributed by atoms with E-state index in [0.717, 1.165) is 37.1 Å². The summed E-state index contributed by atoms with van der Waals surface area (Å²) in [4.78, 5) is 17.1. The smallest absolute Gasteiger partial charge is 0.289 e. The first-order valence-corrected chi connectivity index (χ1v) is 8.79. The third-order valence-electron chi connectivity index (χ3n) is 5.07. The maximum absolute atomic E-state index is 12.7. The highest BCUT2D eigenvalue weighted by atomic mass is 16.3. The molecule has 4 rings (SSSR count). The lowest BCUT2D eigenvalue weighted by Crippen LogP contribution is -2.49. The molecule has 0 saturated carbocycles. The molecule has 1 saturated heterocycles. The summed E-state index contributed by atoms with van der Waals surface area (Å²) in [6, 6.07) is 20.5. The van der Waals surface area contributed by atoms with Crippen LogP contribution in [0.3, 0.4) is 0 Å². The van der Waals surface area contributed by atoms with Crippen LogP contribution in [-0.4, -0.2) is 41.9 Å². The van der Waals surface area contributed by atoms with Crippen LogP contribution >= 0.6 is 0 Å². The van der Waals surface area contributed by atoms with E-state index in [1.807, 2.05) is 41.3 Å². The van der Waals surface area contributed by atoms with Gasteiger partial charge in [-0.05, 0) is 24.6 Å². The summed E-state index contributed by atoms with van der Waals surface area (Å²) in [5.41, 5.74) is 2.08. The van der Waals surface area contributed by atoms with Gasteiger partial charge in [-0.25, -0.2) is 0 Å². The number of rotatable bonds is 3. The molecule has 0 aliphatic carbocycles. The maximum atomic E-state index is 12.7. The molecule has 1 atom stereocenters. The van der Waals surface area contributed by atoms with Gasteiger partial charge in [0.25, 0.3) is 5.91 Å². The number of nitrogens with zero attached hydrogens (tertiary/aromatic N) is 2. The van der Waals surface area contributed by atoms with Gasteiger partial charge in [0.15, 0.2) is 5.76 Å². The molecule has 2 aromatic carbocycles. The summed E-state index contributed by atoms with van der Waals surface area (Å²) in [7, 11) is 0. The minimum absolute atomic E-state index is 0.0109. The molecule has 0 bridgehead atoms. The predicted octanol–water partition coefficient (Wildman–Crippen LogP) is 3.95. The summed E-state index contributed by atoms with van der Waals surface area (Å²) < 4.78 is 5.72. The summed E-state index contributed by atoms with van der Waals surface area (Å²) in [6.07, 6.45) is 0. The lowest BCUT2D eigenvalue weighted by molar-refractivity contribution is 0.0555. The van der Waals surface area contributed by atoms with Crippen LogP contribution in [0.5, 0.6) is 0 Å². The van der Waals surface area contributed by atoms with Gasteiger partial charge in [0.2, 0.25) is 0 Å². The summed E-state index contributed by atoms with van der Waals surface area (Å²) >= 11 is 0. The molecule has 1 amide bonds. The van der Waals surface area contributed by atoms with Crippen LogP contribution in [0.15, 0.2) is 65.1 Å². The van der Waals surface area contributed by atoms with Crippen LogP contribution in [0.2, 0.25) is 0 Å². The van der Waals surface area contributed by atoms with Crippen molar-refractivity contribution < 1.29 is 9.21 Å². The Morgan fingerprint density at radius 2 is 1.64 bits per heavy atom. The van der Waals surface area contributed by atoms with Crippen LogP contribution in [0.1, 0.15) is 29.1 Å². The van der Waals surface area contributed by atoms with Crippen molar-refractivity contribution in [2.45, 2.75) is 13.0 Å². The monoisotopic (exact) mass is 334 g/mol. The van der Waals surface area contributed by atoms with E-state index in [2.05, 4.69) is 36.1 Å². The molecule has 128 valence electrons. The fraction of sp³-hybridized carbons (Fsp3) is 0.286. The van der Waals surface area contributed by atoms with Gasteiger partial charge in [0.1, 0.15) is 5.58 Å². The second-order valence-electron chi connectivity index (χ2n) is 6.56. The van der Waals surface area contributed by atoms with Crippen molar-refractivity contribution in [1.29, 1.82) is 0 Å². The number of hydrogen-bond donors (Lipinski definition) is 0. The van der Waals surface area contributed by atoms with Gasteiger partial charge < -0.3 is 9.32 Å². The molecule has 0 radical (unpaired) electrons. The number of carbonyl (C=O) groups excluding carboxylic acids is 1. The number of amides is 1. The molecule has 3 aromatic rings. The second-order valence-corrected chi connectivity index (χ2v) is 6.56. The van der Waals surface area contributed by atoms with Crippen LogP contribution in [0, 0.1) is 0 Å². The van der Waals surface area contributed by atoms with E-state index in [9.17, 15) is 4.79 Å². The van der Waals surface area contributed by atoms with E-state index in [0.29, 0.717) is 11.8 Å². The first-order valence-electron chi connectivity index (χ1n) is 8.79. The van der Waals surface area contributed by atoms with Crippen molar-refractivity contribution in [3.05, 3.63) is 72.0 Å². The zero-order chi connectivity index (χ0) is 17.2. The Morgan fingerprint density at radius 1 is 0.960 bits per heavy atom. The number of benzene rings is 2. The molecule has 1 aromatic heterocycles. The topological polar surface area (TPSA) is 36.7 Å². The van der Waals surface area contributed by atoms with Gasteiger partial charge in [-0.2, -0.15) is 0 Å². The molecule has 1 unspecified atom stereocenters. The SMILES string of the molecule is CC(c1ccccc1)N1CCN(C(=O)c2cc3ccccc3o2)CC1. The number of fused-ring (bicyclic) bond motifs is 1. The van der Waals surface area contributed by atoms with E-state index >= 15 is 0 Å². The van der Waals surface area contributed by atoms with E-state index < -0.39 is 0 Å². The normalized spacial score (nSPS) is 16.9. The lowest BCUT2D eigenvalue weighted by Gasteiger charge is -2.37. The fourth-order valence-electron chi connectivity index (χ4n) is 3.50. The number of furan rings is 1. The van der Waals surface area contributed by atoms with Gasteiger partial charge in [-0.15, -0.1) is 0 Å². The zero-order valence-electron chi connectivity index (χ0n) is 14.4. The third-order valence-corrected chi connectivity index (χ3v) is 5.07. The quantitative estimate of drug-likeness (QED) is 0.728. The molecule has 4 nitrogen and oxygen atoms in total. The van der Waals surface area contributed by atoms with Gasteiger partial charge in [0.05, 0.1) is 0 Å². The maximum Gasteiger partial charge on any atom is 0.289 e. The highest BCUT2D eigenvalue weighted by Crippen LogP contribution is 2.23. The van der Waals surface area contributed by atoms with Gasteiger partial charge >= 0.3 is 0 Å². The molecule has 1 aliphatic heterocycles. The standard InChI is InChI=1S/C21H22N2O2/c1-16(17-7-3-2-4-8-17)22-11-13-23(14-12-22)21(24)20-15-18-9-5-6-10-19(18)25-20/h2-10,15-16H,11-14H2,1H3. The van der Waals surface area contributed by atoms with Crippen LogP contribution in [0.4, 0.5) is 0 Å².